The van der Waals surface area contributed by atoms with Crippen molar-refractivity contribution < 1.29 is 23.4 Å². The van der Waals surface area contributed by atoms with Crippen molar-refractivity contribution in [1.29, 1.82) is 0 Å². The van der Waals surface area contributed by atoms with Crippen LogP contribution in [-0.2, 0) is 0 Å². The quantitative estimate of drug-likeness (QED) is 0.227. The van der Waals surface area contributed by atoms with Crippen LogP contribution in [0.25, 0.3) is 11.0 Å². The molecular formula is C31H28ClNO6. The Morgan fingerprint density at radius 2 is 1.74 bits per heavy atom. The first kappa shape index (κ1) is 26.4. The van der Waals surface area contributed by atoms with Crippen LogP contribution in [0.3, 0.4) is 0 Å². The van der Waals surface area contributed by atoms with Gasteiger partial charge in [0, 0.05) is 5.69 Å². The molecule has 7 nitrogen and oxygen atoms in total. The highest BCUT2D eigenvalue weighted by Crippen LogP contribution is 2.44. The molecule has 39 heavy (non-hydrogen) atoms. The van der Waals surface area contributed by atoms with Gasteiger partial charge in [0.1, 0.15) is 17.9 Å². The van der Waals surface area contributed by atoms with E-state index in [4.69, 9.17) is 30.2 Å². The van der Waals surface area contributed by atoms with Gasteiger partial charge in [0.05, 0.1) is 35.7 Å². The second-order valence-electron chi connectivity index (χ2n) is 9.24. The molecule has 200 valence electrons. The molecule has 0 N–H and O–H groups in total. The van der Waals surface area contributed by atoms with Gasteiger partial charge in [-0.2, -0.15) is 0 Å². The summed E-state index contributed by atoms with van der Waals surface area (Å²) in [5, 5.41) is 0.747. The van der Waals surface area contributed by atoms with Gasteiger partial charge in [-0.25, -0.2) is 0 Å². The van der Waals surface area contributed by atoms with Gasteiger partial charge in [-0.3, -0.25) is 14.5 Å². The molecule has 1 aliphatic heterocycles. The summed E-state index contributed by atoms with van der Waals surface area (Å²) in [5.74, 6) is 1.04. The topological polar surface area (TPSA) is 78.2 Å². The van der Waals surface area contributed by atoms with E-state index in [1.165, 1.54) is 12.0 Å². The maximum absolute atomic E-state index is 14.0. The van der Waals surface area contributed by atoms with E-state index in [0.717, 1.165) is 11.1 Å². The van der Waals surface area contributed by atoms with Crippen LogP contribution >= 0.6 is 11.6 Å². The third-order valence-electron chi connectivity index (χ3n) is 6.84. The molecular weight excluding hydrogens is 518 g/mol. The van der Waals surface area contributed by atoms with Gasteiger partial charge >= 0.3 is 0 Å². The molecule has 4 aromatic rings. The van der Waals surface area contributed by atoms with Crippen LogP contribution in [0.2, 0.25) is 5.02 Å². The highest BCUT2D eigenvalue weighted by molar-refractivity contribution is 6.32. The Kier molecular flexibility index (Phi) is 7.10. The monoisotopic (exact) mass is 545 g/mol. The summed E-state index contributed by atoms with van der Waals surface area (Å²) >= 11 is 6.46. The van der Waals surface area contributed by atoms with Crippen molar-refractivity contribution in [3.63, 3.8) is 0 Å². The Bertz CT molecular complexity index is 1670. The van der Waals surface area contributed by atoms with Crippen molar-refractivity contribution in [2.24, 2.45) is 0 Å². The number of carbonyl (C=O) groups excluding carboxylic acids is 1. The Morgan fingerprint density at radius 1 is 1.00 bits per heavy atom. The second-order valence-corrected chi connectivity index (χ2v) is 9.65. The highest BCUT2D eigenvalue weighted by atomic mass is 35.5. The Morgan fingerprint density at radius 3 is 2.44 bits per heavy atom. The zero-order valence-electron chi connectivity index (χ0n) is 22.2. The summed E-state index contributed by atoms with van der Waals surface area (Å²) < 4.78 is 23.1. The lowest BCUT2D eigenvalue weighted by molar-refractivity contribution is 0.0971. The van der Waals surface area contributed by atoms with Gasteiger partial charge in [-0.05, 0) is 79.9 Å². The molecule has 5 rings (SSSR count). The molecule has 0 spiro atoms. The largest absolute Gasteiger partial charge is 0.495 e. The minimum absolute atomic E-state index is 0.00219. The third-order valence-corrected chi connectivity index (χ3v) is 7.14. The SMILES string of the molecule is C=CCOc1ccc(C2c3c(oc4cc(C)c(C)cc4c3=O)C(=O)N2c2ccc(OC)c(Cl)c2)cc1OCC. The number of hydrogen-bond donors (Lipinski definition) is 0. The van der Waals surface area contributed by atoms with Crippen LogP contribution < -0.4 is 24.5 Å². The van der Waals surface area contributed by atoms with Crippen molar-refractivity contribution in [2.45, 2.75) is 26.8 Å². The first-order valence-electron chi connectivity index (χ1n) is 12.5. The van der Waals surface area contributed by atoms with Crippen molar-refractivity contribution >= 4 is 34.2 Å². The minimum atomic E-state index is -0.799. The summed E-state index contributed by atoms with van der Waals surface area (Å²) in [7, 11) is 1.52. The first-order chi connectivity index (χ1) is 18.8. The number of fused-ring (bicyclic) bond motifs is 2. The van der Waals surface area contributed by atoms with Gasteiger partial charge in [-0.15, -0.1) is 0 Å². The molecule has 0 saturated heterocycles. The third kappa shape index (κ3) is 4.53. The highest BCUT2D eigenvalue weighted by Gasteiger charge is 2.44. The van der Waals surface area contributed by atoms with Gasteiger partial charge in [-0.1, -0.05) is 30.3 Å². The molecule has 2 heterocycles. The number of amides is 1. The van der Waals surface area contributed by atoms with Crippen molar-refractivity contribution in [1.82, 2.24) is 0 Å². The number of hydrogen-bond acceptors (Lipinski definition) is 6. The van der Waals surface area contributed by atoms with E-state index in [0.29, 0.717) is 57.7 Å². The fraction of sp³-hybridized carbons (Fsp3) is 0.226. The van der Waals surface area contributed by atoms with Crippen molar-refractivity contribution in [3.8, 4) is 17.2 Å². The normalized spacial score (nSPS) is 14.4. The summed E-state index contributed by atoms with van der Waals surface area (Å²) in [6.45, 7) is 10.1. The summed E-state index contributed by atoms with van der Waals surface area (Å²) in [5.41, 5.74) is 3.41. The van der Waals surface area contributed by atoms with Gasteiger partial charge < -0.3 is 18.6 Å². The average Bonchev–Trinajstić information content (AvgIpc) is 3.21. The number of nitrogens with zero attached hydrogens (tertiary/aromatic N) is 1. The summed E-state index contributed by atoms with van der Waals surface area (Å²) in [6.07, 6.45) is 1.64. The lowest BCUT2D eigenvalue weighted by Crippen LogP contribution is -2.29. The maximum Gasteiger partial charge on any atom is 0.295 e. The number of aryl methyl sites for hydroxylation is 2. The van der Waals surface area contributed by atoms with Crippen LogP contribution in [-0.4, -0.2) is 26.2 Å². The number of methoxy groups -OCH3 is 1. The van der Waals surface area contributed by atoms with Crippen molar-refractivity contribution in [2.75, 3.05) is 25.2 Å². The Hall–Kier alpha value is -4.23. The van der Waals surface area contributed by atoms with Crippen LogP contribution in [0.15, 0.2) is 70.4 Å². The van der Waals surface area contributed by atoms with Crippen LogP contribution in [0.4, 0.5) is 5.69 Å². The number of carbonyl (C=O) groups is 1. The lowest BCUT2D eigenvalue weighted by atomic mass is 9.97. The number of halogens is 1. The fourth-order valence-corrected chi connectivity index (χ4v) is 5.10. The number of ether oxygens (including phenoxy) is 3. The Balaban J connectivity index is 1.77. The second kappa shape index (κ2) is 10.5. The molecule has 0 aliphatic carbocycles. The van der Waals surface area contributed by atoms with E-state index in [1.54, 1.807) is 42.5 Å². The molecule has 1 aliphatic rings. The van der Waals surface area contributed by atoms with Crippen molar-refractivity contribution in [3.05, 3.63) is 104 Å². The van der Waals surface area contributed by atoms with Gasteiger partial charge in [0.2, 0.25) is 5.76 Å². The predicted octanol–water partition coefficient (Wildman–Crippen LogP) is 6.79. The molecule has 1 atom stereocenters. The molecule has 3 aromatic carbocycles. The number of benzene rings is 3. The fourth-order valence-electron chi connectivity index (χ4n) is 4.85. The standard InChI is InChI=1S/C31H28ClNO6/c1-6-12-38-24-10-8-19(15-26(24)37-7-2)28-27-29(34)21-13-17(3)18(4)14-25(21)39-30(27)31(35)33(28)20-9-11-23(36-5)22(32)16-20/h6,8-11,13-16,28H,1,7,12H2,2-5H3. The molecule has 1 aromatic heterocycles. The van der Waals surface area contributed by atoms with E-state index in [2.05, 4.69) is 6.58 Å². The first-order valence-corrected chi connectivity index (χ1v) is 12.9. The molecule has 0 bridgehead atoms. The van der Waals surface area contributed by atoms with Crippen LogP contribution in [0.1, 0.15) is 45.8 Å². The smallest absolute Gasteiger partial charge is 0.295 e. The average molecular weight is 546 g/mol. The van der Waals surface area contributed by atoms with E-state index >= 15 is 0 Å². The van der Waals surface area contributed by atoms with Crippen LogP contribution in [0.5, 0.6) is 17.2 Å². The predicted molar refractivity (Wildman–Crippen MR) is 152 cm³/mol. The lowest BCUT2D eigenvalue weighted by Gasteiger charge is -2.26. The van der Waals surface area contributed by atoms with Gasteiger partial charge in [0.25, 0.3) is 5.91 Å². The van der Waals surface area contributed by atoms with E-state index < -0.39 is 11.9 Å². The van der Waals surface area contributed by atoms with E-state index in [-0.39, 0.29) is 16.8 Å². The molecule has 8 heteroatoms. The summed E-state index contributed by atoms with van der Waals surface area (Å²) in [4.78, 5) is 29.5. The molecule has 1 amide bonds. The summed E-state index contributed by atoms with van der Waals surface area (Å²) in [6, 6.07) is 13.2. The van der Waals surface area contributed by atoms with Crippen LogP contribution in [0, 0.1) is 13.8 Å². The zero-order valence-corrected chi connectivity index (χ0v) is 22.9. The molecule has 0 saturated carbocycles. The Labute approximate surface area is 231 Å². The minimum Gasteiger partial charge on any atom is -0.495 e. The molecule has 0 fully saturated rings. The number of rotatable bonds is 8. The maximum atomic E-state index is 14.0. The number of anilines is 1. The van der Waals surface area contributed by atoms with Gasteiger partial charge in [0.15, 0.2) is 16.9 Å². The zero-order chi connectivity index (χ0) is 27.8. The molecule has 1 unspecified atom stereocenters. The van der Waals surface area contributed by atoms with E-state index in [9.17, 15) is 9.59 Å². The van der Waals surface area contributed by atoms with E-state index in [1.807, 2.05) is 32.9 Å². The molecule has 0 radical (unpaired) electrons.